The maximum atomic E-state index is 10.1. The average molecular weight is 373 g/mol. The van der Waals surface area contributed by atoms with Crippen LogP contribution in [0.5, 0.6) is 0 Å². The Kier molecular flexibility index (Phi) is 5.81. The minimum Gasteiger partial charge on any atom is -0.393 e. The van der Waals surface area contributed by atoms with Crippen LogP contribution in [0.3, 0.4) is 0 Å². The minimum absolute atomic E-state index is 0.0551. The molecule has 1 nitrogen and oxygen atoms in total. The molecule has 0 saturated heterocycles. The van der Waals surface area contributed by atoms with Crippen LogP contribution in [-0.2, 0) is 0 Å². The van der Waals surface area contributed by atoms with Gasteiger partial charge in [-0.3, -0.25) is 0 Å². The van der Waals surface area contributed by atoms with E-state index in [1.54, 1.807) is 5.57 Å². The van der Waals surface area contributed by atoms with Crippen molar-refractivity contribution in [2.45, 2.75) is 104 Å². The summed E-state index contributed by atoms with van der Waals surface area (Å²) < 4.78 is 0. The van der Waals surface area contributed by atoms with Crippen LogP contribution in [-0.4, -0.2) is 11.2 Å². The number of aliphatic hydroxyl groups excluding tert-OH is 1. The highest BCUT2D eigenvalue weighted by Gasteiger charge is 2.56. The Bertz CT molecular complexity index is 548. The summed E-state index contributed by atoms with van der Waals surface area (Å²) in [4.78, 5) is 0. The highest BCUT2D eigenvalue weighted by molar-refractivity contribution is 5.20. The third-order valence-corrected chi connectivity index (χ3v) is 9.62. The Morgan fingerprint density at radius 1 is 1.04 bits per heavy atom. The normalized spacial score (nSPS) is 45.0. The lowest BCUT2D eigenvalue weighted by Gasteiger charge is -2.54. The molecule has 8 atom stereocenters. The van der Waals surface area contributed by atoms with Crippen molar-refractivity contribution < 1.29 is 5.11 Å². The van der Waals surface area contributed by atoms with Crippen molar-refractivity contribution in [3.8, 4) is 0 Å². The van der Waals surface area contributed by atoms with Gasteiger partial charge in [0.15, 0.2) is 0 Å². The topological polar surface area (TPSA) is 20.2 Å². The van der Waals surface area contributed by atoms with Crippen LogP contribution in [0.25, 0.3) is 0 Å². The second-order valence-corrected chi connectivity index (χ2v) is 11.5. The standard InChI is InChI=1S/C26H44O/c1-17(2)6-5-7-18(3)24-12-13-25-23-10-8-19-16-20(27)9-11-21(19)22(23)14-15-26(24,25)4/h8,17-18,20-25,27H,5-7,9-16H2,1-4H3/t18-,20+,21+,22-,23-,24-,25+,26-/m1/s1. The number of hydrogen-bond donors (Lipinski definition) is 1. The van der Waals surface area contributed by atoms with Crippen molar-refractivity contribution in [1.82, 2.24) is 0 Å². The van der Waals surface area contributed by atoms with Gasteiger partial charge in [-0.25, -0.2) is 0 Å². The summed E-state index contributed by atoms with van der Waals surface area (Å²) in [6.45, 7) is 10.0. The zero-order chi connectivity index (χ0) is 19.2. The van der Waals surface area contributed by atoms with Gasteiger partial charge in [-0.2, -0.15) is 0 Å². The Hall–Kier alpha value is -0.300. The average Bonchev–Trinajstić information content (AvgIpc) is 2.98. The minimum atomic E-state index is -0.0551. The van der Waals surface area contributed by atoms with Crippen LogP contribution >= 0.6 is 0 Å². The lowest BCUT2D eigenvalue weighted by molar-refractivity contribution is -0.0294. The molecule has 154 valence electrons. The van der Waals surface area contributed by atoms with Crippen LogP contribution in [0.15, 0.2) is 11.6 Å². The molecule has 3 saturated carbocycles. The van der Waals surface area contributed by atoms with Crippen LogP contribution in [0.1, 0.15) is 98.3 Å². The van der Waals surface area contributed by atoms with Crippen molar-refractivity contribution in [2.24, 2.45) is 46.8 Å². The molecule has 0 heterocycles. The molecule has 0 radical (unpaired) electrons. The molecule has 1 N–H and O–H groups in total. The predicted molar refractivity (Wildman–Crippen MR) is 114 cm³/mol. The third kappa shape index (κ3) is 3.67. The lowest BCUT2D eigenvalue weighted by Crippen LogP contribution is -2.47. The van der Waals surface area contributed by atoms with Crippen LogP contribution < -0.4 is 0 Å². The molecule has 0 aromatic carbocycles. The van der Waals surface area contributed by atoms with E-state index in [4.69, 9.17) is 0 Å². The monoisotopic (exact) mass is 372 g/mol. The molecule has 0 aliphatic heterocycles. The van der Waals surface area contributed by atoms with Crippen molar-refractivity contribution >= 4 is 0 Å². The van der Waals surface area contributed by atoms with Gasteiger partial charge in [0.2, 0.25) is 0 Å². The van der Waals surface area contributed by atoms with E-state index in [2.05, 4.69) is 33.8 Å². The summed E-state index contributed by atoms with van der Waals surface area (Å²) in [5.41, 5.74) is 2.24. The molecule has 0 aromatic heterocycles. The Morgan fingerprint density at radius 2 is 1.85 bits per heavy atom. The summed E-state index contributed by atoms with van der Waals surface area (Å²) in [6, 6.07) is 0. The van der Waals surface area contributed by atoms with Crippen molar-refractivity contribution in [3.63, 3.8) is 0 Å². The second kappa shape index (κ2) is 7.85. The van der Waals surface area contributed by atoms with Gasteiger partial charge in [-0.05, 0) is 98.2 Å². The summed E-state index contributed by atoms with van der Waals surface area (Å²) >= 11 is 0. The number of fused-ring (bicyclic) bond motifs is 5. The van der Waals surface area contributed by atoms with Gasteiger partial charge in [0.25, 0.3) is 0 Å². The quantitative estimate of drug-likeness (QED) is 0.515. The molecular formula is C26H44O. The molecule has 1 heteroatoms. The van der Waals surface area contributed by atoms with Gasteiger partial charge in [0.1, 0.15) is 0 Å². The zero-order valence-corrected chi connectivity index (χ0v) is 18.4. The van der Waals surface area contributed by atoms with E-state index < -0.39 is 0 Å². The summed E-state index contributed by atoms with van der Waals surface area (Å²) in [7, 11) is 0. The van der Waals surface area contributed by atoms with Gasteiger partial charge < -0.3 is 5.11 Å². The first kappa shape index (κ1) is 20.0. The molecule has 0 amide bonds. The fourth-order valence-electron chi connectivity index (χ4n) is 8.27. The van der Waals surface area contributed by atoms with Crippen molar-refractivity contribution in [3.05, 3.63) is 11.6 Å². The molecule has 4 aliphatic carbocycles. The fourth-order valence-corrected chi connectivity index (χ4v) is 8.27. The number of hydrogen-bond acceptors (Lipinski definition) is 1. The fraction of sp³-hybridized carbons (Fsp3) is 0.923. The number of rotatable bonds is 5. The zero-order valence-electron chi connectivity index (χ0n) is 18.4. The van der Waals surface area contributed by atoms with Crippen LogP contribution in [0.4, 0.5) is 0 Å². The first-order valence-electron chi connectivity index (χ1n) is 12.3. The first-order valence-corrected chi connectivity index (χ1v) is 12.3. The summed E-state index contributed by atoms with van der Waals surface area (Å²) in [5.74, 6) is 6.41. The van der Waals surface area contributed by atoms with E-state index in [9.17, 15) is 5.11 Å². The van der Waals surface area contributed by atoms with Gasteiger partial charge in [0.05, 0.1) is 6.10 Å². The lowest BCUT2D eigenvalue weighted by atomic mass is 9.51. The first-order chi connectivity index (χ1) is 12.9. The molecule has 0 aromatic rings. The molecule has 27 heavy (non-hydrogen) atoms. The molecule has 0 spiro atoms. The highest BCUT2D eigenvalue weighted by atomic mass is 16.3. The van der Waals surface area contributed by atoms with Crippen molar-refractivity contribution in [1.29, 1.82) is 0 Å². The van der Waals surface area contributed by atoms with E-state index in [0.717, 1.165) is 54.3 Å². The molecule has 3 fully saturated rings. The van der Waals surface area contributed by atoms with Gasteiger partial charge in [-0.15, -0.1) is 0 Å². The van der Waals surface area contributed by atoms with Crippen LogP contribution in [0.2, 0.25) is 0 Å². The van der Waals surface area contributed by atoms with E-state index >= 15 is 0 Å². The second-order valence-electron chi connectivity index (χ2n) is 11.5. The third-order valence-electron chi connectivity index (χ3n) is 9.62. The molecule has 0 bridgehead atoms. The number of aliphatic hydroxyl groups is 1. The molecule has 4 aliphatic rings. The van der Waals surface area contributed by atoms with Crippen molar-refractivity contribution in [2.75, 3.05) is 0 Å². The van der Waals surface area contributed by atoms with E-state index in [1.807, 2.05) is 0 Å². The molecule has 0 unspecified atom stereocenters. The Labute approximate surface area is 168 Å². The summed E-state index contributed by atoms with van der Waals surface area (Å²) in [6.07, 6.45) is 17.3. The maximum absolute atomic E-state index is 10.1. The predicted octanol–water partition coefficient (Wildman–Crippen LogP) is 7.00. The van der Waals surface area contributed by atoms with E-state index in [0.29, 0.717) is 5.41 Å². The largest absolute Gasteiger partial charge is 0.393 e. The smallest absolute Gasteiger partial charge is 0.0577 e. The van der Waals surface area contributed by atoms with Gasteiger partial charge in [0, 0.05) is 0 Å². The molecular weight excluding hydrogens is 328 g/mol. The SMILES string of the molecule is CC(C)CCC[C@@H](C)[C@H]1CC[C@H]2[C@@H]3CC=C4C[C@@H](O)CC[C@@H]4[C@H]3CC[C@]12C. The van der Waals surface area contributed by atoms with E-state index in [1.165, 1.54) is 57.8 Å². The highest BCUT2D eigenvalue weighted by Crippen LogP contribution is 2.64. The van der Waals surface area contributed by atoms with Crippen LogP contribution in [0, 0.1) is 46.8 Å². The Balaban J connectivity index is 1.45. The van der Waals surface area contributed by atoms with Gasteiger partial charge in [-0.1, -0.05) is 58.6 Å². The Morgan fingerprint density at radius 3 is 2.63 bits per heavy atom. The summed E-state index contributed by atoms with van der Waals surface area (Å²) in [5, 5.41) is 10.1. The van der Waals surface area contributed by atoms with Gasteiger partial charge >= 0.3 is 0 Å². The number of allylic oxidation sites excluding steroid dienone is 1. The molecule has 4 rings (SSSR count). The van der Waals surface area contributed by atoms with E-state index in [-0.39, 0.29) is 6.10 Å². The maximum Gasteiger partial charge on any atom is 0.0577 e.